The van der Waals surface area contributed by atoms with Crippen molar-refractivity contribution in [3.8, 4) is 0 Å². The molecule has 1 aromatic carbocycles. The van der Waals surface area contributed by atoms with Gasteiger partial charge in [0.15, 0.2) is 0 Å². The van der Waals surface area contributed by atoms with Gasteiger partial charge in [0.05, 0.1) is 9.52 Å². The van der Waals surface area contributed by atoms with E-state index in [9.17, 15) is 0 Å². The number of benzene rings is 1. The minimum Gasteiger partial charge on any atom is -1.00 e. The van der Waals surface area contributed by atoms with Gasteiger partial charge in [0.1, 0.15) is 0 Å². The maximum atomic E-state index is 3.20. The normalized spacial score (nSPS) is 13.9. The number of halogens is 2. The largest absolute Gasteiger partial charge is 4.00 e. The molecule has 0 spiro atoms. The second kappa shape index (κ2) is 16.9. The van der Waals surface area contributed by atoms with Crippen LogP contribution in [0.25, 0.3) is 0 Å². The number of rotatable bonds is 3. The van der Waals surface area contributed by atoms with E-state index in [1.54, 1.807) is 10.4 Å². The van der Waals surface area contributed by atoms with E-state index < -0.39 is 16.1 Å². The second-order valence-electron chi connectivity index (χ2n) is 8.62. The van der Waals surface area contributed by atoms with Gasteiger partial charge in [0.2, 0.25) is 0 Å². The van der Waals surface area contributed by atoms with Gasteiger partial charge in [-0.3, -0.25) is 12.2 Å². The summed E-state index contributed by atoms with van der Waals surface area (Å²) in [6.07, 6.45) is 17.4. The molecule has 1 radical (unpaired) electrons. The fourth-order valence-electron chi connectivity index (χ4n) is 2.48. The molecule has 0 atom stereocenters. The first kappa shape index (κ1) is 33.9. The monoisotopic (exact) mass is 555 g/mol. The van der Waals surface area contributed by atoms with Crippen LogP contribution in [0, 0.1) is 12.2 Å². The van der Waals surface area contributed by atoms with Crippen LogP contribution in [0.1, 0.15) is 12.8 Å². The Bertz CT molecular complexity index is 628. The van der Waals surface area contributed by atoms with E-state index in [-0.39, 0.29) is 51.0 Å². The zero-order chi connectivity index (χ0) is 19.6. The maximum Gasteiger partial charge on any atom is 4.00 e. The zero-order valence-electron chi connectivity index (χ0n) is 18.9. The summed E-state index contributed by atoms with van der Waals surface area (Å²) in [5, 5.41) is 4.61. The Morgan fingerprint density at radius 1 is 0.724 bits per heavy atom. The van der Waals surface area contributed by atoms with Crippen molar-refractivity contribution in [2.45, 2.75) is 58.7 Å². The molecule has 157 valence electrons. The molecule has 6 heteroatoms. The van der Waals surface area contributed by atoms with Gasteiger partial charge in [-0.1, -0.05) is 81.3 Å². The van der Waals surface area contributed by atoms with Gasteiger partial charge in [-0.05, 0) is 16.1 Å². The van der Waals surface area contributed by atoms with Crippen molar-refractivity contribution in [2.24, 2.45) is 0 Å². The zero-order valence-corrected chi connectivity index (χ0v) is 26.1. The molecule has 2 aliphatic rings. The first-order valence-electron chi connectivity index (χ1n) is 9.53. The Hall–Kier alpha value is 0.294. The minimum absolute atomic E-state index is 0. The van der Waals surface area contributed by atoms with Gasteiger partial charge in [-0.15, -0.1) is 12.8 Å². The number of hydrogen-bond acceptors (Lipinski definition) is 0. The van der Waals surface area contributed by atoms with Crippen LogP contribution in [0.3, 0.4) is 0 Å². The van der Waals surface area contributed by atoms with Crippen molar-refractivity contribution in [1.82, 2.24) is 0 Å². The summed E-state index contributed by atoms with van der Waals surface area (Å²) in [5.41, 5.74) is 0. The predicted octanol–water partition coefficient (Wildman–Crippen LogP) is -0.0914. The Kier molecular flexibility index (Phi) is 19.8. The van der Waals surface area contributed by atoms with Crippen molar-refractivity contribution in [3.63, 3.8) is 0 Å². The van der Waals surface area contributed by atoms with Gasteiger partial charge in [0.25, 0.3) is 0 Å². The van der Waals surface area contributed by atoms with Crippen molar-refractivity contribution in [2.75, 3.05) is 0 Å². The molecule has 0 aromatic heterocycles. The van der Waals surface area contributed by atoms with Crippen molar-refractivity contribution in [1.29, 1.82) is 0 Å². The van der Waals surface area contributed by atoms with Crippen LogP contribution in [0.2, 0.25) is 45.8 Å². The molecule has 1 aromatic rings. The minimum atomic E-state index is -0.981. The summed E-state index contributed by atoms with van der Waals surface area (Å²) < 4.78 is 0. The van der Waals surface area contributed by atoms with E-state index in [2.05, 4.69) is 113 Å². The Morgan fingerprint density at radius 3 is 1.28 bits per heavy atom. The molecule has 3 rings (SSSR count). The van der Waals surface area contributed by atoms with E-state index in [1.807, 2.05) is 0 Å². The summed E-state index contributed by atoms with van der Waals surface area (Å²) in [6, 6.07) is 10.6. The molecule has 2 aliphatic carbocycles. The molecule has 0 bridgehead atoms. The fraction of sp³-hybridized carbons (Fsp3) is 0.391. The van der Waals surface area contributed by atoms with Crippen molar-refractivity contribution < 1.29 is 51.0 Å². The van der Waals surface area contributed by atoms with Crippen molar-refractivity contribution >= 4 is 30.9 Å². The average Bonchev–Trinajstić information content (AvgIpc) is 3.29. The third-order valence-electron chi connectivity index (χ3n) is 4.26. The van der Waals surface area contributed by atoms with Crippen LogP contribution in [-0.4, -0.2) is 25.7 Å². The molecule has 0 saturated heterocycles. The molecule has 29 heavy (non-hydrogen) atoms. The van der Waals surface area contributed by atoms with E-state index >= 15 is 0 Å². The van der Waals surface area contributed by atoms with Gasteiger partial charge < -0.3 is 24.8 Å². The van der Waals surface area contributed by atoms with Gasteiger partial charge in [0, 0.05) is 0 Å². The molecular formula is C23H35Cl2Si3Zr. The van der Waals surface area contributed by atoms with Crippen molar-refractivity contribution in [3.05, 3.63) is 77.2 Å². The Balaban J connectivity index is -0.000000333. The Labute approximate surface area is 216 Å². The Morgan fingerprint density at radius 2 is 1.10 bits per heavy atom. The van der Waals surface area contributed by atoms with E-state index in [1.165, 1.54) is 5.19 Å². The third-order valence-corrected chi connectivity index (χ3v) is 9.47. The number of allylic oxidation sites excluding steroid dienone is 8. The van der Waals surface area contributed by atoms with E-state index in [0.717, 1.165) is 12.8 Å². The number of hydrogen-bond donors (Lipinski definition) is 0. The van der Waals surface area contributed by atoms with Crippen LogP contribution in [0.15, 0.2) is 65.0 Å². The van der Waals surface area contributed by atoms with Crippen LogP contribution in [-0.2, 0) is 26.2 Å². The topological polar surface area (TPSA) is 0 Å². The molecular weight excluding hydrogens is 523 g/mol. The van der Waals surface area contributed by atoms with E-state index in [0.29, 0.717) is 9.52 Å². The standard InChI is InChI=1S/2C8H13Si.C7H9Si.2ClH.Zr/c2*1-9(2,3)8-6-4-5-7-8;1-8-7-5-3-2-4-6-7;;;/h2*6-7H,4H2,1-3H3;2-6,8H,1H3;2*1H;/q2*-1;;;;+4/p-2. The second-order valence-corrected chi connectivity index (χ2v) is 20.0. The van der Waals surface area contributed by atoms with E-state index in [4.69, 9.17) is 0 Å². The van der Waals surface area contributed by atoms with Crippen LogP contribution >= 0.6 is 0 Å². The molecule has 0 N–H and O–H groups in total. The average molecular weight is 558 g/mol. The molecule has 0 amide bonds. The quantitative estimate of drug-likeness (QED) is 0.360. The summed E-state index contributed by atoms with van der Waals surface area (Å²) >= 11 is 0. The molecule has 0 saturated carbocycles. The van der Waals surface area contributed by atoms with Gasteiger partial charge in [-0.2, -0.15) is 12.2 Å². The smallest absolute Gasteiger partial charge is 1.00 e. The molecule has 0 nitrogen and oxygen atoms in total. The first-order chi connectivity index (χ1) is 12.1. The van der Waals surface area contributed by atoms with Gasteiger partial charge >= 0.3 is 26.2 Å². The summed E-state index contributed by atoms with van der Waals surface area (Å²) in [7, 11) is -1.45. The SMILES string of the molecule is C[SiH]c1ccccc1.C[Si](C)(C)C1=CC[C-]=C1.C[Si](C)(C)C1=CC[C-]=C1.[Cl-].[Cl-].[Zr+4]. The fourth-order valence-corrected chi connectivity index (χ4v) is 5.59. The van der Waals surface area contributed by atoms with Gasteiger partial charge in [-0.25, -0.2) is 22.5 Å². The maximum absolute atomic E-state index is 3.20. The van der Waals surface area contributed by atoms with Crippen LogP contribution in [0.4, 0.5) is 0 Å². The third kappa shape index (κ3) is 14.9. The predicted molar refractivity (Wildman–Crippen MR) is 127 cm³/mol. The summed E-state index contributed by atoms with van der Waals surface area (Å²) in [5.74, 6) is 0. The summed E-state index contributed by atoms with van der Waals surface area (Å²) in [6.45, 7) is 16.4. The van der Waals surface area contributed by atoms with Crippen LogP contribution < -0.4 is 30.0 Å². The van der Waals surface area contributed by atoms with Crippen LogP contribution in [0.5, 0.6) is 0 Å². The molecule has 0 unspecified atom stereocenters. The first-order valence-corrected chi connectivity index (χ1v) is 18.3. The molecule has 0 aliphatic heterocycles. The molecule has 0 fully saturated rings. The summed E-state index contributed by atoms with van der Waals surface area (Å²) in [4.78, 5) is 0. The molecule has 0 heterocycles.